The predicted octanol–water partition coefficient (Wildman–Crippen LogP) is 3.10. The van der Waals surface area contributed by atoms with E-state index < -0.39 is 0 Å². The van der Waals surface area contributed by atoms with Crippen molar-refractivity contribution in [3.63, 3.8) is 0 Å². The molecular formula is C17H21NO2. The molecule has 1 saturated heterocycles. The zero-order chi connectivity index (χ0) is 13.7. The fourth-order valence-electron chi connectivity index (χ4n) is 4.11. The van der Waals surface area contributed by atoms with Crippen molar-refractivity contribution >= 4 is 0 Å². The van der Waals surface area contributed by atoms with Gasteiger partial charge in [-0.3, -0.25) is 0 Å². The number of likely N-dealkylation sites (tertiary alicyclic amines) is 1. The first-order valence-electron chi connectivity index (χ1n) is 7.45. The van der Waals surface area contributed by atoms with Gasteiger partial charge in [-0.25, -0.2) is 0 Å². The van der Waals surface area contributed by atoms with Gasteiger partial charge < -0.3 is 14.4 Å². The van der Waals surface area contributed by atoms with Crippen molar-refractivity contribution in [1.29, 1.82) is 0 Å². The normalized spacial score (nSPS) is 32.1. The molecule has 2 atom stereocenters. The van der Waals surface area contributed by atoms with Gasteiger partial charge in [0.2, 0.25) is 6.79 Å². The Morgan fingerprint density at radius 1 is 1.25 bits per heavy atom. The Kier molecular flexibility index (Phi) is 2.61. The number of benzene rings is 1. The number of rotatable bonds is 1. The minimum atomic E-state index is 0.259. The standard InChI is InChI=1S/C17H21NO2/c1-12-5-6-17(7-8-18(2)16(17)9-12)13-3-4-14-15(10-13)20-11-19-14/h3-5,10,16H,6-9,11H2,1-2H3/t16-,17-/m0/s1. The molecule has 0 aromatic heterocycles. The van der Waals surface area contributed by atoms with E-state index in [1.165, 1.54) is 30.5 Å². The molecule has 0 saturated carbocycles. The first-order valence-corrected chi connectivity index (χ1v) is 7.45. The third kappa shape index (κ3) is 1.62. The second kappa shape index (κ2) is 4.26. The lowest BCUT2D eigenvalue weighted by atomic mass is 9.67. The van der Waals surface area contributed by atoms with Crippen LogP contribution in [0.1, 0.15) is 31.7 Å². The first-order chi connectivity index (χ1) is 9.69. The van der Waals surface area contributed by atoms with Gasteiger partial charge in [0.25, 0.3) is 0 Å². The number of likely N-dealkylation sites (N-methyl/N-ethyl adjacent to an activating group) is 1. The molecule has 0 bridgehead atoms. The zero-order valence-electron chi connectivity index (χ0n) is 12.2. The molecule has 1 aromatic rings. The molecule has 2 aliphatic heterocycles. The molecule has 0 radical (unpaired) electrons. The number of ether oxygens (including phenoxy) is 2. The van der Waals surface area contributed by atoms with Crippen molar-refractivity contribution in [2.24, 2.45) is 0 Å². The van der Waals surface area contributed by atoms with Gasteiger partial charge in [0, 0.05) is 11.5 Å². The Hall–Kier alpha value is -1.48. The molecule has 0 amide bonds. The minimum absolute atomic E-state index is 0.259. The van der Waals surface area contributed by atoms with E-state index in [1.807, 2.05) is 0 Å². The summed E-state index contributed by atoms with van der Waals surface area (Å²) in [6.07, 6.45) is 6.00. The number of fused-ring (bicyclic) bond motifs is 2. The zero-order valence-corrected chi connectivity index (χ0v) is 12.2. The van der Waals surface area contributed by atoms with Crippen LogP contribution < -0.4 is 9.47 Å². The van der Waals surface area contributed by atoms with Crippen LogP contribution in [0.4, 0.5) is 0 Å². The fraction of sp³-hybridized carbons (Fsp3) is 0.529. The lowest BCUT2D eigenvalue weighted by molar-refractivity contribution is 0.173. The molecule has 20 heavy (non-hydrogen) atoms. The number of hydrogen-bond donors (Lipinski definition) is 0. The Morgan fingerprint density at radius 3 is 3.00 bits per heavy atom. The van der Waals surface area contributed by atoms with Crippen LogP contribution in [0.3, 0.4) is 0 Å². The monoisotopic (exact) mass is 271 g/mol. The highest BCUT2D eigenvalue weighted by Crippen LogP contribution is 2.49. The summed E-state index contributed by atoms with van der Waals surface area (Å²) in [5.74, 6) is 1.80. The van der Waals surface area contributed by atoms with Crippen LogP contribution in [0.15, 0.2) is 29.8 Å². The third-order valence-corrected chi connectivity index (χ3v) is 5.36. The lowest BCUT2D eigenvalue weighted by Crippen LogP contribution is -2.43. The summed E-state index contributed by atoms with van der Waals surface area (Å²) in [5.41, 5.74) is 3.20. The van der Waals surface area contributed by atoms with Crippen molar-refractivity contribution in [2.45, 2.75) is 37.6 Å². The third-order valence-electron chi connectivity index (χ3n) is 5.36. The number of allylic oxidation sites excluding steroid dienone is 1. The molecule has 3 aliphatic rings. The summed E-state index contributed by atoms with van der Waals surface area (Å²) in [6.45, 7) is 3.80. The van der Waals surface area contributed by atoms with E-state index in [9.17, 15) is 0 Å². The lowest BCUT2D eigenvalue weighted by Gasteiger charge is -2.40. The predicted molar refractivity (Wildman–Crippen MR) is 78.3 cm³/mol. The minimum Gasteiger partial charge on any atom is -0.454 e. The highest BCUT2D eigenvalue weighted by Gasteiger charge is 2.48. The summed E-state index contributed by atoms with van der Waals surface area (Å²) in [6, 6.07) is 7.15. The van der Waals surface area contributed by atoms with Gasteiger partial charge in [0.05, 0.1) is 0 Å². The topological polar surface area (TPSA) is 21.7 Å². The number of nitrogens with zero attached hydrogens (tertiary/aromatic N) is 1. The van der Waals surface area contributed by atoms with Crippen molar-refractivity contribution in [1.82, 2.24) is 4.90 Å². The van der Waals surface area contributed by atoms with Crippen molar-refractivity contribution in [3.8, 4) is 11.5 Å². The molecule has 2 heterocycles. The average molecular weight is 271 g/mol. The van der Waals surface area contributed by atoms with Crippen LogP contribution in [0.2, 0.25) is 0 Å². The Morgan fingerprint density at radius 2 is 2.10 bits per heavy atom. The first kappa shape index (κ1) is 12.3. The summed E-state index contributed by atoms with van der Waals surface area (Å²) in [4.78, 5) is 2.53. The van der Waals surface area contributed by atoms with Gasteiger partial charge >= 0.3 is 0 Å². The Labute approximate surface area is 120 Å². The van der Waals surface area contributed by atoms with E-state index in [0.717, 1.165) is 17.9 Å². The van der Waals surface area contributed by atoms with Gasteiger partial charge in [-0.05, 0) is 57.5 Å². The molecule has 1 fully saturated rings. The maximum atomic E-state index is 5.57. The molecule has 106 valence electrons. The van der Waals surface area contributed by atoms with Crippen LogP contribution in [-0.4, -0.2) is 31.3 Å². The van der Waals surface area contributed by atoms with Crippen LogP contribution in [0.5, 0.6) is 11.5 Å². The van der Waals surface area contributed by atoms with Crippen molar-refractivity contribution in [3.05, 3.63) is 35.4 Å². The molecule has 1 aromatic carbocycles. The summed E-state index contributed by atoms with van der Waals surface area (Å²) < 4.78 is 11.0. The molecule has 0 unspecified atom stereocenters. The molecule has 1 aliphatic carbocycles. The van der Waals surface area contributed by atoms with Gasteiger partial charge in [0.15, 0.2) is 11.5 Å². The van der Waals surface area contributed by atoms with E-state index >= 15 is 0 Å². The van der Waals surface area contributed by atoms with Gasteiger partial charge in [-0.15, -0.1) is 0 Å². The van der Waals surface area contributed by atoms with Crippen LogP contribution in [-0.2, 0) is 5.41 Å². The molecule has 0 spiro atoms. The van der Waals surface area contributed by atoms with E-state index in [-0.39, 0.29) is 5.41 Å². The van der Waals surface area contributed by atoms with Crippen LogP contribution >= 0.6 is 0 Å². The average Bonchev–Trinajstić information content (AvgIpc) is 3.04. The van der Waals surface area contributed by atoms with E-state index in [4.69, 9.17) is 9.47 Å². The smallest absolute Gasteiger partial charge is 0.231 e. The quantitative estimate of drug-likeness (QED) is 0.733. The molecule has 3 heteroatoms. The summed E-state index contributed by atoms with van der Waals surface area (Å²) >= 11 is 0. The van der Waals surface area contributed by atoms with Crippen LogP contribution in [0, 0.1) is 0 Å². The largest absolute Gasteiger partial charge is 0.454 e. The highest BCUT2D eigenvalue weighted by molar-refractivity contribution is 5.48. The van der Waals surface area contributed by atoms with E-state index in [0.29, 0.717) is 12.8 Å². The van der Waals surface area contributed by atoms with E-state index in [2.05, 4.69) is 43.1 Å². The number of hydrogen-bond acceptors (Lipinski definition) is 3. The second-order valence-corrected chi connectivity index (χ2v) is 6.43. The maximum absolute atomic E-state index is 5.57. The van der Waals surface area contributed by atoms with Crippen molar-refractivity contribution in [2.75, 3.05) is 20.4 Å². The van der Waals surface area contributed by atoms with Crippen LogP contribution in [0.25, 0.3) is 0 Å². The molecule has 0 N–H and O–H groups in total. The fourth-order valence-corrected chi connectivity index (χ4v) is 4.11. The molecule has 4 rings (SSSR count). The SMILES string of the molecule is CC1=CC[C@@]2(c3ccc4c(c3)OCO4)CCN(C)[C@H]2C1. The Bertz CT molecular complexity index is 580. The summed E-state index contributed by atoms with van der Waals surface area (Å²) in [7, 11) is 2.26. The second-order valence-electron chi connectivity index (χ2n) is 6.43. The highest BCUT2D eigenvalue weighted by atomic mass is 16.7. The van der Waals surface area contributed by atoms with Gasteiger partial charge in [0.1, 0.15) is 0 Å². The molecular weight excluding hydrogens is 250 g/mol. The van der Waals surface area contributed by atoms with E-state index in [1.54, 1.807) is 0 Å². The maximum Gasteiger partial charge on any atom is 0.231 e. The Balaban J connectivity index is 1.79. The van der Waals surface area contributed by atoms with Crippen molar-refractivity contribution < 1.29 is 9.47 Å². The van der Waals surface area contributed by atoms with Gasteiger partial charge in [-0.2, -0.15) is 0 Å². The van der Waals surface area contributed by atoms with Gasteiger partial charge in [-0.1, -0.05) is 17.7 Å². The molecule has 3 nitrogen and oxygen atoms in total. The summed E-state index contributed by atoms with van der Waals surface area (Å²) in [5, 5.41) is 0.